The van der Waals surface area contributed by atoms with Gasteiger partial charge in [-0.15, -0.1) is 0 Å². The van der Waals surface area contributed by atoms with Crippen LogP contribution in [0.4, 0.5) is 4.39 Å². The molecule has 4 aromatic rings. The lowest BCUT2D eigenvalue weighted by atomic mass is 10.1. The number of hydrogen-bond acceptors (Lipinski definition) is 4. The number of rotatable bonds is 5. The van der Waals surface area contributed by atoms with Crippen LogP contribution in [-0.4, -0.2) is 30.6 Å². The van der Waals surface area contributed by atoms with Gasteiger partial charge in [-0.05, 0) is 36.8 Å². The molecular formula is C20H17FN6O. The molecule has 0 fully saturated rings. The fourth-order valence-electron chi connectivity index (χ4n) is 2.96. The van der Waals surface area contributed by atoms with E-state index in [1.807, 2.05) is 0 Å². The number of carbonyl (C=O) groups excluding carboxylic acids is 1. The molecule has 4 rings (SSSR count). The molecule has 0 unspecified atom stereocenters. The van der Waals surface area contributed by atoms with E-state index >= 15 is 0 Å². The van der Waals surface area contributed by atoms with E-state index in [0.29, 0.717) is 28.3 Å². The number of benzene rings is 1. The highest BCUT2D eigenvalue weighted by Gasteiger charge is 2.15. The van der Waals surface area contributed by atoms with Gasteiger partial charge in [-0.3, -0.25) is 14.9 Å². The lowest BCUT2D eigenvalue weighted by Gasteiger charge is -2.10. The minimum Gasteiger partial charge on any atom is -0.348 e. The van der Waals surface area contributed by atoms with Crippen LogP contribution in [0.25, 0.3) is 16.9 Å². The van der Waals surface area contributed by atoms with Crippen LogP contribution in [0.1, 0.15) is 21.7 Å². The summed E-state index contributed by atoms with van der Waals surface area (Å²) >= 11 is 0. The standard InChI is InChI=1S/C20H17FN6O/c1-13-23-8-9-27(13)18-3-2-14(10-17(18)21)11-24-20(28)16-12-25-26-19(16)15-4-6-22-7-5-15/h2-10,12H,11H2,1H3,(H,24,28)(H,25,26). The second kappa shape index (κ2) is 7.43. The SMILES string of the molecule is Cc1nccn1-c1ccc(CNC(=O)c2cn[nH]c2-c2ccncc2)cc1F. The fourth-order valence-corrected chi connectivity index (χ4v) is 2.96. The number of nitrogens with one attached hydrogen (secondary N) is 2. The Labute approximate surface area is 160 Å². The number of amides is 1. The molecule has 8 heteroatoms. The Morgan fingerprint density at radius 1 is 1.21 bits per heavy atom. The zero-order chi connectivity index (χ0) is 19.5. The van der Waals surface area contributed by atoms with Crippen LogP contribution in [0.2, 0.25) is 0 Å². The van der Waals surface area contributed by atoms with E-state index in [1.54, 1.807) is 60.5 Å². The lowest BCUT2D eigenvalue weighted by Crippen LogP contribution is -2.23. The highest BCUT2D eigenvalue weighted by atomic mass is 19.1. The predicted octanol–water partition coefficient (Wildman–Crippen LogP) is 3.03. The molecule has 0 spiro atoms. The van der Waals surface area contributed by atoms with E-state index in [2.05, 4.69) is 25.5 Å². The quantitative estimate of drug-likeness (QED) is 0.560. The van der Waals surface area contributed by atoms with Gasteiger partial charge in [0.05, 0.1) is 23.1 Å². The van der Waals surface area contributed by atoms with Crippen LogP contribution in [0.15, 0.2) is 61.3 Å². The Kier molecular flexibility index (Phi) is 4.67. The molecule has 3 aromatic heterocycles. The second-order valence-corrected chi connectivity index (χ2v) is 6.21. The zero-order valence-corrected chi connectivity index (χ0v) is 15.1. The molecule has 0 atom stereocenters. The first-order valence-electron chi connectivity index (χ1n) is 8.64. The predicted molar refractivity (Wildman–Crippen MR) is 101 cm³/mol. The van der Waals surface area contributed by atoms with Crippen LogP contribution in [0, 0.1) is 12.7 Å². The van der Waals surface area contributed by atoms with Crippen LogP contribution >= 0.6 is 0 Å². The van der Waals surface area contributed by atoms with Gasteiger partial charge in [0, 0.05) is 36.9 Å². The normalized spacial score (nSPS) is 10.8. The van der Waals surface area contributed by atoms with E-state index in [1.165, 1.54) is 12.3 Å². The van der Waals surface area contributed by atoms with Crippen molar-refractivity contribution in [3.05, 3.63) is 84.1 Å². The van der Waals surface area contributed by atoms with Gasteiger partial charge >= 0.3 is 0 Å². The number of hydrogen-bond donors (Lipinski definition) is 2. The summed E-state index contributed by atoms with van der Waals surface area (Å²) in [6.45, 7) is 2.00. The van der Waals surface area contributed by atoms with Crippen molar-refractivity contribution in [2.45, 2.75) is 13.5 Å². The summed E-state index contributed by atoms with van der Waals surface area (Å²) < 4.78 is 16.2. The third kappa shape index (κ3) is 3.39. The van der Waals surface area contributed by atoms with Crippen molar-refractivity contribution >= 4 is 5.91 Å². The first-order chi connectivity index (χ1) is 13.6. The van der Waals surface area contributed by atoms with E-state index < -0.39 is 0 Å². The summed E-state index contributed by atoms with van der Waals surface area (Å²) in [6.07, 6.45) is 8.08. The number of halogens is 1. The van der Waals surface area contributed by atoms with Gasteiger partial charge in [-0.2, -0.15) is 5.10 Å². The van der Waals surface area contributed by atoms with Crippen molar-refractivity contribution in [3.8, 4) is 16.9 Å². The largest absolute Gasteiger partial charge is 0.348 e. The number of H-pyrrole nitrogens is 1. The number of carbonyl (C=O) groups is 1. The molecule has 0 saturated heterocycles. The highest BCUT2D eigenvalue weighted by Crippen LogP contribution is 2.20. The number of aryl methyl sites for hydroxylation is 1. The number of imidazole rings is 1. The highest BCUT2D eigenvalue weighted by molar-refractivity contribution is 5.99. The molecule has 0 aliphatic carbocycles. The van der Waals surface area contributed by atoms with Gasteiger partial charge in [0.1, 0.15) is 11.6 Å². The summed E-state index contributed by atoms with van der Waals surface area (Å²) in [7, 11) is 0. The topological polar surface area (TPSA) is 88.5 Å². The third-order valence-electron chi connectivity index (χ3n) is 4.40. The van der Waals surface area contributed by atoms with Crippen molar-refractivity contribution in [3.63, 3.8) is 0 Å². The van der Waals surface area contributed by atoms with E-state index in [-0.39, 0.29) is 18.3 Å². The Morgan fingerprint density at radius 2 is 2.04 bits per heavy atom. The first kappa shape index (κ1) is 17.6. The van der Waals surface area contributed by atoms with Gasteiger partial charge < -0.3 is 9.88 Å². The maximum atomic E-state index is 14.5. The first-order valence-corrected chi connectivity index (χ1v) is 8.64. The summed E-state index contributed by atoms with van der Waals surface area (Å²) in [4.78, 5) is 20.6. The Morgan fingerprint density at radius 3 is 2.75 bits per heavy atom. The van der Waals surface area contributed by atoms with Gasteiger partial charge in [-0.25, -0.2) is 9.37 Å². The fraction of sp³-hybridized carbons (Fsp3) is 0.100. The third-order valence-corrected chi connectivity index (χ3v) is 4.40. The zero-order valence-electron chi connectivity index (χ0n) is 15.1. The molecule has 0 saturated carbocycles. The molecule has 140 valence electrons. The van der Waals surface area contributed by atoms with Crippen molar-refractivity contribution in [1.29, 1.82) is 0 Å². The maximum Gasteiger partial charge on any atom is 0.255 e. The van der Waals surface area contributed by atoms with Gasteiger partial charge in [0.25, 0.3) is 5.91 Å². The second-order valence-electron chi connectivity index (χ2n) is 6.21. The van der Waals surface area contributed by atoms with Crippen LogP contribution < -0.4 is 5.32 Å². The van der Waals surface area contributed by atoms with Gasteiger partial charge in [0.2, 0.25) is 0 Å². The lowest BCUT2D eigenvalue weighted by molar-refractivity contribution is 0.0951. The van der Waals surface area contributed by atoms with Crippen molar-refractivity contribution in [1.82, 2.24) is 30.0 Å². The van der Waals surface area contributed by atoms with Crippen molar-refractivity contribution in [2.24, 2.45) is 0 Å². The number of nitrogens with zero attached hydrogens (tertiary/aromatic N) is 4. The van der Waals surface area contributed by atoms with Gasteiger partial charge in [-0.1, -0.05) is 6.07 Å². The van der Waals surface area contributed by atoms with Gasteiger partial charge in [0.15, 0.2) is 0 Å². The van der Waals surface area contributed by atoms with E-state index in [0.717, 1.165) is 5.56 Å². The molecule has 7 nitrogen and oxygen atoms in total. The molecule has 0 bridgehead atoms. The molecule has 2 N–H and O–H groups in total. The van der Waals surface area contributed by atoms with E-state index in [4.69, 9.17) is 0 Å². The minimum absolute atomic E-state index is 0.194. The van der Waals surface area contributed by atoms with Crippen molar-refractivity contribution in [2.75, 3.05) is 0 Å². The molecular weight excluding hydrogens is 359 g/mol. The number of aromatic amines is 1. The summed E-state index contributed by atoms with van der Waals surface area (Å²) in [5, 5.41) is 9.60. The Hall–Kier alpha value is -3.81. The number of aromatic nitrogens is 5. The molecule has 28 heavy (non-hydrogen) atoms. The molecule has 0 aliphatic rings. The summed E-state index contributed by atoms with van der Waals surface area (Å²) in [5.41, 5.74) is 2.90. The molecule has 0 aliphatic heterocycles. The molecule has 0 radical (unpaired) electrons. The van der Waals surface area contributed by atoms with E-state index in [9.17, 15) is 9.18 Å². The number of pyridine rings is 1. The average Bonchev–Trinajstić information content (AvgIpc) is 3.36. The maximum absolute atomic E-state index is 14.5. The molecule has 1 aromatic carbocycles. The monoisotopic (exact) mass is 376 g/mol. The van der Waals surface area contributed by atoms with Crippen molar-refractivity contribution < 1.29 is 9.18 Å². The Bertz CT molecular complexity index is 1120. The Balaban J connectivity index is 1.49. The van der Waals surface area contributed by atoms with Crippen LogP contribution in [-0.2, 0) is 6.54 Å². The molecule has 1 amide bonds. The average molecular weight is 376 g/mol. The summed E-state index contributed by atoms with van der Waals surface area (Å²) in [5.74, 6) is 0.0210. The van der Waals surface area contributed by atoms with Crippen LogP contribution in [0.3, 0.4) is 0 Å². The smallest absolute Gasteiger partial charge is 0.255 e. The van der Waals surface area contributed by atoms with Crippen LogP contribution in [0.5, 0.6) is 0 Å². The summed E-state index contributed by atoms with van der Waals surface area (Å²) in [6, 6.07) is 8.43. The minimum atomic E-state index is -0.381. The molecule has 3 heterocycles.